The second kappa shape index (κ2) is 9.25. The van der Waals surface area contributed by atoms with Gasteiger partial charge in [0.15, 0.2) is 17.5 Å². The molecule has 0 saturated carbocycles. The van der Waals surface area contributed by atoms with Crippen LogP contribution in [0.5, 0.6) is 11.5 Å². The number of nitrogens with zero attached hydrogens (tertiary/aromatic N) is 2. The van der Waals surface area contributed by atoms with Crippen molar-refractivity contribution in [3.8, 4) is 11.5 Å². The average Bonchev–Trinajstić information content (AvgIpc) is 2.60. The second-order valence-corrected chi connectivity index (χ2v) is 5.72. The molecule has 1 aliphatic heterocycles. The Morgan fingerprint density at radius 1 is 1.17 bits per heavy atom. The fourth-order valence-electron chi connectivity index (χ4n) is 2.74. The normalized spacial score (nSPS) is 16.2. The molecule has 0 bridgehead atoms. The summed E-state index contributed by atoms with van der Waals surface area (Å²) in [6, 6.07) is 5.76. The lowest BCUT2D eigenvalue weighted by molar-refractivity contribution is 0.232. The lowest BCUT2D eigenvalue weighted by atomic mass is 10.1. The summed E-state index contributed by atoms with van der Waals surface area (Å²) in [5.74, 6) is 1.90. The molecule has 0 aliphatic carbocycles. The number of rotatable bonds is 7. The van der Waals surface area contributed by atoms with Crippen LogP contribution in [0.15, 0.2) is 23.2 Å². The minimum atomic E-state index is 0.483. The average molecular weight is 320 g/mol. The molecule has 1 saturated heterocycles. The predicted octanol–water partition coefficient (Wildman–Crippen LogP) is 1.59. The van der Waals surface area contributed by atoms with Crippen molar-refractivity contribution in [1.29, 1.82) is 0 Å². The molecule has 6 nitrogen and oxygen atoms in total. The fourth-order valence-corrected chi connectivity index (χ4v) is 2.74. The summed E-state index contributed by atoms with van der Waals surface area (Å²) < 4.78 is 10.5. The van der Waals surface area contributed by atoms with Gasteiger partial charge in [0.2, 0.25) is 0 Å². The third-order valence-electron chi connectivity index (χ3n) is 4.06. The number of hydrogen-bond acceptors (Lipinski definition) is 4. The van der Waals surface area contributed by atoms with Crippen LogP contribution in [0.2, 0.25) is 0 Å². The van der Waals surface area contributed by atoms with E-state index in [9.17, 15) is 0 Å². The molecule has 0 spiro atoms. The first kappa shape index (κ1) is 17.4. The maximum atomic E-state index is 5.93. The summed E-state index contributed by atoms with van der Waals surface area (Å²) in [6.07, 6.45) is 3.98. The zero-order valence-corrected chi connectivity index (χ0v) is 14.2. The van der Waals surface area contributed by atoms with E-state index in [1.165, 1.54) is 32.4 Å². The van der Waals surface area contributed by atoms with Gasteiger partial charge in [0.1, 0.15) is 0 Å². The molecule has 0 atom stereocenters. The van der Waals surface area contributed by atoms with E-state index in [-0.39, 0.29) is 0 Å². The Bertz CT molecular complexity index is 513. The van der Waals surface area contributed by atoms with Gasteiger partial charge in [-0.3, -0.25) is 0 Å². The number of guanidine groups is 1. The number of ether oxygens (including phenoxy) is 2. The quantitative estimate of drug-likeness (QED) is 0.590. The Balaban J connectivity index is 1.77. The van der Waals surface area contributed by atoms with Crippen LogP contribution in [0.3, 0.4) is 0 Å². The van der Waals surface area contributed by atoms with Gasteiger partial charge in [-0.15, -0.1) is 0 Å². The summed E-state index contributed by atoms with van der Waals surface area (Å²) >= 11 is 0. The first-order valence-electron chi connectivity index (χ1n) is 8.20. The molecule has 0 radical (unpaired) electrons. The number of hydrogen-bond donors (Lipinski definition) is 2. The number of nitrogens with two attached hydrogens (primary N) is 1. The summed E-state index contributed by atoms with van der Waals surface area (Å²) in [6.45, 7) is 4.77. The molecule has 23 heavy (non-hydrogen) atoms. The van der Waals surface area contributed by atoms with Gasteiger partial charge >= 0.3 is 0 Å². The molecule has 1 fully saturated rings. The van der Waals surface area contributed by atoms with Crippen LogP contribution in [-0.2, 0) is 6.54 Å². The summed E-state index contributed by atoms with van der Waals surface area (Å²) in [7, 11) is 3.25. The molecule has 1 aliphatic rings. The number of nitrogens with one attached hydrogen (secondary N) is 1. The molecule has 1 heterocycles. The molecule has 1 aromatic carbocycles. The van der Waals surface area contributed by atoms with E-state index in [0.717, 1.165) is 18.7 Å². The zero-order chi connectivity index (χ0) is 16.5. The number of methoxy groups -OCH3 is 2. The van der Waals surface area contributed by atoms with E-state index in [4.69, 9.17) is 15.2 Å². The lowest BCUT2D eigenvalue weighted by Crippen LogP contribution is -2.40. The number of aliphatic imine (C=N–C) groups is 1. The van der Waals surface area contributed by atoms with E-state index < -0.39 is 0 Å². The molecule has 0 unspecified atom stereocenters. The van der Waals surface area contributed by atoms with Crippen molar-refractivity contribution in [1.82, 2.24) is 10.2 Å². The van der Waals surface area contributed by atoms with Crippen molar-refractivity contribution in [2.75, 3.05) is 40.4 Å². The number of likely N-dealkylation sites (tertiary alicyclic amines) is 1. The highest BCUT2D eigenvalue weighted by atomic mass is 16.5. The van der Waals surface area contributed by atoms with Crippen LogP contribution in [0.1, 0.15) is 24.8 Å². The van der Waals surface area contributed by atoms with Crippen LogP contribution in [0.4, 0.5) is 0 Å². The largest absolute Gasteiger partial charge is 0.493 e. The second-order valence-electron chi connectivity index (χ2n) is 5.72. The Labute approximate surface area is 138 Å². The minimum absolute atomic E-state index is 0.483. The standard InChI is InChI=1S/C17H28N4O2/c1-22-15-7-6-14(12-16(15)23-2)13-20-17(18)19-8-11-21-9-4-3-5-10-21/h6-7,12H,3-5,8-11,13H2,1-2H3,(H3,18,19,20). The van der Waals surface area contributed by atoms with Crippen molar-refractivity contribution in [3.63, 3.8) is 0 Å². The van der Waals surface area contributed by atoms with Crippen LogP contribution in [0, 0.1) is 0 Å². The van der Waals surface area contributed by atoms with Gasteiger partial charge < -0.3 is 25.4 Å². The fraction of sp³-hybridized carbons (Fsp3) is 0.588. The summed E-state index contributed by atoms with van der Waals surface area (Å²) in [5, 5.41) is 3.18. The van der Waals surface area contributed by atoms with Crippen LogP contribution < -0.4 is 20.5 Å². The molecule has 0 amide bonds. The molecule has 128 valence electrons. The topological polar surface area (TPSA) is 72.1 Å². The first-order valence-corrected chi connectivity index (χ1v) is 8.20. The van der Waals surface area contributed by atoms with Crippen LogP contribution in [0.25, 0.3) is 0 Å². The smallest absolute Gasteiger partial charge is 0.188 e. The molecular weight excluding hydrogens is 292 g/mol. The van der Waals surface area contributed by atoms with E-state index in [2.05, 4.69) is 15.2 Å². The third-order valence-corrected chi connectivity index (χ3v) is 4.06. The highest BCUT2D eigenvalue weighted by Crippen LogP contribution is 2.27. The van der Waals surface area contributed by atoms with Gasteiger partial charge in [-0.25, -0.2) is 4.99 Å². The molecule has 1 aromatic rings. The highest BCUT2D eigenvalue weighted by Gasteiger charge is 2.09. The monoisotopic (exact) mass is 320 g/mol. The molecule has 0 aromatic heterocycles. The van der Waals surface area contributed by atoms with Gasteiger partial charge in [0.25, 0.3) is 0 Å². The van der Waals surface area contributed by atoms with Gasteiger partial charge in [-0.05, 0) is 43.6 Å². The first-order chi connectivity index (χ1) is 11.2. The zero-order valence-electron chi connectivity index (χ0n) is 14.2. The minimum Gasteiger partial charge on any atom is -0.493 e. The van der Waals surface area contributed by atoms with Crippen molar-refractivity contribution >= 4 is 5.96 Å². The Kier molecular flexibility index (Phi) is 7.00. The van der Waals surface area contributed by atoms with E-state index in [1.807, 2.05) is 18.2 Å². The Morgan fingerprint density at radius 2 is 1.91 bits per heavy atom. The Morgan fingerprint density at radius 3 is 2.61 bits per heavy atom. The van der Waals surface area contributed by atoms with Crippen molar-refractivity contribution in [2.45, 2.75) is 25.8 Å². The van der Waals surface area contributed by atoms with Gasteiger partial charge in [-0.1, -0.05) is 12.5 Å². The van der Waals surface area contributed by atoms with Gasteiger partial charge in [0, 0.05) is 13.1 Å². The Hall–Kier alpha value is -1.95. The molecule has 2 rings (SSSR count). The maximum absolute atomic E-state index is 5.93. The molecule has 6 heteroatoms. The van der Waals surface area contributed by atoms with Crippen molar-refractivity contribution in [2.24, 2.45) is 10.7 Å². The van der Waals surface area contributed by atoms with Crippen molar-refractivity contribution < 1.29 is 9.47 Å². The third kappa shape index (κ3) is 5.63. The predicted molar refractivity (Wildman–Crippen MR) is 93.2 cm³/mol. The lowest BCUT2D eigenvalue weighted by Gasteiger charge is -2.26. The number of piperidine rings is 1. The van der Waals surface area contributed by atoms with Crippen molar-refractivity contribution in [3.05, 3.63) is 23.8 Å². The maximum Gasteiger partial charge on any atom is 0.188 e. The van der Waals surface area contributed by atoms with E-state index in [0.29, 0.717) is 24.0 Å². The molecule has 3 N–H and O–H groups in total. The summed E-state index contributed by atoms with van der Waals surface area (Å²) in [4.78, 5) is 6.85. The van der Waals surface area contributed by atoms with Crippen LogP contribution in [-0.4, -0.2) is 51.3 Å². The SMILES string of the molecule is COc1ccc(CN=C(N)NCCN2CCCCC2)cc1OC. The summed E-state index contributed by atoms with van der Waals surface area (Å²) in [5.41, 5.74) is 6.96. The molecular formula is C17H28N4O2. The number of benzene rings is 1. The van der Waals surface area contributed by atoms with E-state index >= 15 is 0 Å². The highest BCUT2D eigenvalue weighted by molar-refractivity contribution is 5.77. The van der Waals surface area contributed by atoms with Gasteiger partial charge in [-0.2, -0.15) is 0 Å². The van der Waals surface area contributed by atoms with Crippen LogP contribution >= 0.6 is 0 Å². The van der Waals surface area contributed by atoms with E-state index in [1.54, 1.807) is 14.2 Å². The van der Waals surface area contributed by atoms with Gasteiger partial charge in [0.05, 0.1) is 20.8 Å².